The van der Waals surface area contributed by atoms with Crippen LogP contribution in [-0.2, 0) is 11.3 Å². The van der Waals surface area contributed by atoms with Crippen molar-refractivity contribution in [3.63, 3.8) is 0 Å². The van der Waals surface area contributed by atoms with Crippen LogP contribution in [0.2, 0.25) is 0 Å². The Hall–Kier alpha value is -1.75. The number of guanidine groups is 1. The molecule has 1 saturated heterocycles. The zero-order valence-corrected chi connectivity index (χ0v) is 14.5. The number of nitrogens with zero attached hydrogens (tertiary/aromatic N) is 1. The van der Waals surface area contributed by atoms with E-state index in [2.05, 4.69) is 21.7 Å². The Kier molecular flexibility index (Phi) is 4.12. The third-order valence-corrected chi connectivity index (χ3v) is 6.19. The van der Waals surface area contributed by atoms with Gasteiger partial charge in [0, 0.05) is 43.1 Å². The van der Waals surface area contributed by atoms with Gasteiger partial charge in [-0.1, -0.05) is 24.6 Å². The molecule has 2 N–H and O–H groups in total. The Morgan fingerprint density at radius 1 is 1.38 bits per heavy atom. The molecule has 0 amide bonds. The van der Waals surface area contributed by atoms with Gasteiger partial charge < -0.3 is 20.1 Å². The number of methoxy groups -OCH3 is 1. The van der Waals surface area contributed by atoms with Gasteiger partial charge in [0.2, 0.25) is 0 Å². The summed E-state index contributed by atoms with van der Waals surface area (Å²) in [7, 11) is 3.55. The molecule has 0 aromatic heterocycles. The smallest absolute Gasteiger partial charge is 0.191 e. The van der Waals surface area contributed by atoms with Crippen LogP contribution in [-0.4, -0.2) is 38.9 Å². The third-order valence-electron chi connectivity index (χ3n) is 6.19. The van der Waals surface area contributed by atoms with E-state index in [9.17, 15) is 0 Å². The number of fused-ring (bicyclic) bond motifs is 2. The minimum Gasteiger partial charge on any atom is -0.496 e. The molecule has 3 unspecified atom stereocenters. The summed E-state index contributed by atoms with van der Waals surface area (Å²) in [6, 6.07) is 8.60. The number of hydrogen-bond acceptors (Lipinski definition) is 3. The van der Waals surface area contributed by atoms with E-state index in [0.29, 0.717) is 30.0 Å². The molecule has 3 fully saturated rings. The van der Waals surface area contributed by atoms with Crippen molar-refractivity contribution in [2.24, 2.45) is 16.3 Å². The summed E-state index contributed by atoms with van der Waals surface area (Å²) in [4.78, 5) is 4.43. The van der Waals surface area contributed by atoms with Gasteiger partial charge in [-0.05, 0) is 25.3 Å². The highest BCUT2D eigenvalue weighted by atomic mass is 16.5. The number of hydrogen-bond donors (Lipinski definition) is 2. The van der Waals surface area contributed by atoms with E-state index in [0.717, 1.165) is 23.9 Å². The van der Waals surface area contributed by atoms with Gasteiger partial charge >= 0.3 is 0 Å². The summed E-state index contributed by atoms with van der Waals surface area (Å²) in [5.74, 6) is 2.43. The maximum absolute atomic E-state index is 6.00. The van der Waals surface area contributed by atoms with Crippen molar-refractivity contribution in [1.82, 2.24) is 10.6 Å². The molecule has 1 aliphatic heterocycles. The first-order valence-electron chi connectivity index (χ1n) is 8.99. The molecule has 1 spiro atoms. The number of ether oxygens (including phenoxy) is 2. The van der Waals surface area contributed by atoms with Crippen LogP contribution >= 0.6 is 0 Å². The molecule has 5 nitrogen and oxygen atoms in total. The fraction of sp³-hybridized carbons (Fsp3) is 0.632. The molecule has 1 aromatic rings. The van der Waals surface area contributed by atoms with Crippen LogP contribution in [0, 0.1) is 11.3 Å². The highest BCUT2D eigenvalue weighted by Crippen LogP contribution is 2.62. The summed E-state index contributed by atoms with van der Waals surface area (Å²) in [6.45, 7) is 1.62. The number of benzene rings is 1. The lowest BCUT2D eigenvalue weighted by Crippen LogP contribution is -2.72. The second-order valence-electron chi connectivity index (χ2n) is 7.19. The van der Waals surface area contributed by atoms with Crippen molar-refractivity contribution < 1.29 is 9.47 Å². The number of aliphatic imine (C=N–C) groups is 1. The summed E-state index contributed by atoms with van der Waals surface area (Å²) >= 11 is 0. The maximum Gasteiger partial charge on any atom is 0.191 e. The SMILES string of the molecule is CN=C(NCc1ccccc1OC)NC1C2CCOC2C12CCC2. The minimum absolute atomic E-state index is 0.364. The monoisotopic (exact) mass is 329 g/mol. The van der Waals surface area contributed by atoms with E-state index >= 15 is 0 Å². The highest BCUT2D eigenvalue weighted by Gasteiger charge is 2.66. The minimum atomic E-state index is 0.364. The van der Waals surface area contributed by atoms with Gasteiger partial charge in [-0.3, -0.25) is 4.99 Å². The van der Waals surface area contributed by atoms with E-state index in [1.807, 2.05) is 25.2 Å². The molecule has 130 valence electrons. The molecule has 24 heavy (non-hydrogen) atoms. The molecular weight excluding hydrogens is 302 g/mol. The van der Waals surface area contributed by atoms with Gasteiger partial charge in [0.15, 0.2) is 5.96 Å². The molecule has 4 rings (SSSR count). The average molecular weight is 329 g/mol. The maximum atomic E-state index is 6.00. The van der Waals surface area contributed by atoms with Gasteiger partial charge in [0.25, 0.3) is 0 Å². The predicted octanol–water partition coefficient (Wildman–Crippen LogP) is 2.32. The van der Waals surface area contributed by atoms with Crippen LogP contribution in [0.15, 0.2) is 29.3 Å². The molecular formula is C19H27N3O2. The van der Waals surface area contributed by atoms with Crippen molar-refractivity contribution in [2.45, 2.75) is 44.4 Å². The Labute approximate surface area is 143 Å². The second kappa shape index (κ2) is 6.28. The van der Waals surface area contributed by atoms with Crippen molar-refractivity contribution in [3.05, 3.63) is 29.8 Å². The van der Waals surface area contributed by atoms with Crippen molar-refractivity contribution in [3.8, 4) is 5.75 Å². The fourth-order valence-electron chi connectivity index (χ4n) is 4.83. The highest BCUT2D eigenvalue weighted by molar-refractivity contribution is 5.80. The Bertz CT molecular complexity index is 627. The summed E-state index contributed by atoms with van der Waals surface area (Å²) < 4.78 is 11.4. The molecule has 1 aromatic carbocycles. The zero-order chi connectivity index (χ0) is 16.6. The van der Waals surface area contributed by atoms with Gasteiger partial charge in [0.05, 0.1) is 13.2 Å². The quantitative estimate of drug-likeness (QED) is 0.657. The van der Waals surface area contributed by atoms with Gasteiger partial charge in [-0.2, -0.15) is 0 Å². The van der Waals surface area contributed by atoms with Crippen molar-refractivity contribution >= 4 is 5.96 Å². The van der Waals surface area contributed by atoms with E-state index in [1.165, 1.54) is 25.7 Å². The normalized spacial score (nSPS) is 30.2. The largest absolute Gasteiger partial charge is 0.496 e. The topological polar surface area (TPSA) is 54.9 Å². The van der Waals surface area contributed by atoms with Gasteiger partial charge in [-0.15, -0.1) is 0 Å². The lowest BCUT2D eigenvalue weighted by atomic mass is 9.46. The van der Waals surface area contributed by atoms with Crippen LogP contribution in [0.25, 0.3) is 0 Å². The molecule has 3 atom stereocenters. The first kappa shape index (κ1) is 15.8. The standard InChI is InChI=1S/C19H27N3O2/c1-20-18(21-12-13-6-3-4-7-15(13)23-2)22-16-14-8-11-24-17(14)19(16)9-5-10-19/h3-4,6-7,14,16-17H,5,8-12H2,1-2H3,(H2,20,21,22). The number of nitrogens with one attached hydrogen (secondary N) is 2. The fourth-order valence-corrected chi connectivity index (χ4v) is 4.83. The molecule has 2 aliphatic carbocycles. The summed E-state index contributed by atoms with van der Waals surface area (Å²) in [6.07, 6.45) is 5.56. The Morgan fingerprint density at radius 2 is 2.21 bits per heavy atom. The molecule has 5 heteroatoms. The molecule has 3 aliphatic rings. The molecule has 0 radical (unpaired) electrons. The van der Waals surface area contributed by atoms with Gasteiger partial charge in [-0.25, -0.2) is 0 Å². The second-order valence-corrected chi connectivity index (χ2v) is 7.19. The molecule has 0 bridgehead atoms. The first-order chi connectivity index (χ1) is 11.8. The van der Waals surface area contributed by atoms with E-state index in [1.54, 1.807) is 7.11 Å². The Balaban J connectivity index is 1.40. The Morgan fingerprint density at radius 3 is 2.92 bits per heavy atom. The zero-order valence-electron chi connectivity index (χ0n) is 14.5. The molecule has 2 saturated carbocycles. The van der Waals surface area contributed by atoms with E-state index in [4.69, 9.17) is 9.47 Å². The van der Waals surface area contributed by atoms with Crippen molar-refractivity contribution in [2.75, 3.05) is 20.8 Å². The lowest BCUT2D eigenvalue weighted by molar-refractivity contribution is -0.171. The summed E-state index contributed by atoms with van der Waals surface area (Å²) in [5, 5.41) is 7.14. The van der Waals surface area contributed by atoms with Crippen LogP contribution in [0.4, 0.5) is 0 Å². The number of rotatable bonds is 4. The molecule has 1 heterocycles. The lowest BCUT2D eigenvalue weighted by Gasteiger charge is -2.63. The van der Waals surface area contributed by atoms with Crippen molar-refractivity contribution in [1.29, 1.82) is 0 Å². The van der Waals surface area contributed by atoms with Crippen LogP contribution in [0.5, 0.6) is 5.75 Å². The first-order valence-corrected chi connectivity index (χ1v) is 8.99. The summed E-state index contributed by atoms with van der Waals surface area (Å²) in [5.41, 5.74) is 1.50. The van der Waals surface area contributed by atoms with E-state index < -0.39 is 0 Å². The van der Waals surface area contributed by atoms with Crippen LogP contribution < -0.4 is 15.4 Å². The van der Waals surface area contributed by atoms with Crippen LogP contribution in [0.1, 0.15) is 31.2 Å². The van der Waals surface area contributed by atoms with Crippen LogP contribution in [0.3, 0.4) is 0 Å². The average Bonchev–Trinajstić information content (AvgIpc) is 2.99. The third kappa shape index (κ3) is 2.37. The predicted molar refractivity (Wildman–Crippen MR) is 94.2 cm³/mol. The van der Waals surface area contributed by atoms with E-state index in [-0.39, 0.29) is 0 Å². The van der Waals surface area contributed by atoms with Gasteiger partial charge in [0.1, 0.15) is 5.75 Å². The number of para-hydroxylation sites is 1.